The third-order valence-corrected chi connectivity index (χ3v) is 2.30. The van der Waals surface area contributed by atoms with Crippen molar-refractivity contribution in [3.8, 4) is 0 Å². The highest BCUT2D eigenvalue weighted by atomic mass is 16.6. The maximum atomic E-state index is 11.5. The van der Waals surface area contributed by atoms with Crippen LogP contribution in [0.25, 0.3) is 0 Å². The van der Waals surface area contributed by atoms with Crippen LogP contribution in [0.5, 0.6) is 0 Å². The molecule has 0 aromatic heterocycles. The third-order valence-electron chi connectivity index (χ3n) is 2.30. The van der Waals surface area contributed by atoms with E-state index in [4.69, 9.17) is 4.74 Å². The van der Waals surface area contributed by atoms with Crippen molar-refractivity contribution >= 4 is 11.8 Å². The number of hydrogen-bond donors (Lipinski definition) is 0. The van der Waals surface area contributed by atoms with E-state index >= 15 is 0 Å². The summed E-state index contributed by atoms with van der Waals surface area (Å²) in [4.78, 5) is 13.1. The second-order valence-corrected chi connectivity index (χ2v) is 3.33. The number of amides is 1. The van der Waals surface area contributed by atoms with Crippen molar-refractivity contribution in [2.24, 2.45) is 0 Å². The van der Waals surface area contributed by atoms with Crippen molar-refractivity contribution in [3.63, 3.8) is 0 Å². The van der Waals surface area contributed by atoms with Gasteiger partial charge in [-0.15, -0.1) is 0 Å². The van der Waals surface area contributed by atoms with E-state index in [2.05, 4.69) is 0 Å². The van der Waals surface area contributed by atoms with Crippen molar-refractivity contribution in [3.05, 3.63) is 29.8 Å². The molecule has 0 N–H and O–H groups in total. The Morgan fingerprint density at radius 2 is 2.21 bits per heavy atom. The van der Waals surface area contributed by atoms with Gasteiger partial charge in [-0.25, -0.2) is 4.79 Å². The number of benzene rings is 1. The lowest BCUT2D eigenvalue weighted by Gasteiger charge is -2.28. The van der Waals surface area contributed by atoms with Crippen LogP contribution >= 0.6 is 0 Å². The molecule has 1 aliphatic heterocycles. The lowest BCUT2D eigenvalue weighted by molar-refractivity contribution is 0.142. The van der Waals surface area contributed by atoms with Crippen molar-refractivity contribution < 1.29 is 9.53 Å². The third kappa shape index (κ3) is 1.45. The van der Waals surface area contributed by atoms with Gasteiger partial charge in [0.1, 0.15) is 6.61 Å². The molecular formula is C11H13NO2. The van der Waals surface area contributed by atoms with Crippen LogP contribution in [0.1, 0.15) is 18.9 Å². The highest BCUT2D eigenvalue weighted by Crippen LogP contribution is 2.26. The van der Waals surface area contributed by atoms with Crippen LogP contribution in [0, 0.1) is 0 Å². The van der Waals surface area contributed by atoms with Crippen LogP contribution in [0.4, 0.5) is 10.5 Å². The zero-order valence-corrected chi connectivity index (χ0v) is 8.19. The maximum Gasteiger partial charge on any atom is 0.414 e. The van der Waals surface area contributed by atoms with Gasteiger partial charge in [-0.3, -0.25) is 4.90 Å². The first-order valence-electron chi connectivity index (χ1n) is 4.85. The molecule has 0 radical (unpaired) electrons. The van der Waals surface area contributed by atoms with Crippen molar-refractivity contribution in [2.45, 2.75) is 20.0 Å². The van der Waals surface area contributed by atoms with Gasteiger partial charge in [0.15, 0.2) is 0 Å². The topological polar surface area (TPSA) is 29.5 Å². The fourth-order valence-electron chi connectivity index (χ4n) is 1.65. The Balaban J connectivity index is 2.36. The van der Waals surface area contributed by atoms with Gasteiger partial charge in [-0.05, 0) is 12.5 Å². The molecule has 1 aromatic rings. The molecule has 1 aromatic carbocycles. The predicted octanol–water partition coefficient (Wildman–Crippen LogP) is 2.55. The van der Waals surface area contributed by atoms with Gasteiger partial charge in [0.05, 0.1) is 5.69 Å². The molecule has 0 spiro atoms. The average Bonchev–Trinajstić information content (AvgIpc) is 2.23. The van der Waals surface area contributed by atoms with Gasteiger partial charge in [-0.2, -0.15) is 0 Å². The number of ether oxygens (including phenoxy) is 1. The lowest BCUT2D eigenvalue weighted by atomic mass is 10.1. The molecule has 1 amide bonds. The van der Waals surface area contributed by atoms with Gasteiger partial charge in [0.2, 0.25) is 0 Å². The molecule has 3 nitrogen and oxygen atoms in total. The summed E-state index contributed by atoms with van der Waals surface area (Å²) in [5, 5.41) is 0. The highest BCUT2D eigenvalue weighted by Gasteiger charge is 2.23. The SMILES string of the molecule is CCCN1C(=O)OCc2ccccc21. The van der Waals surface area contributed by atoms with Crippen LogP contribution in [-0.2, 0) is 11.3 Å². The Labute approximate surface area is 83.3 Å². The minimum absolute atomic E-state index is 0.231. The largest absolute Gasteiger partial charge is 0.444 e. The standard InChI is InChI=1S/C11H13NO2/c1-2-7-12-10-6-4-3-5-9(10)8-14-11(12)13/h3-6H,2,7-8H2,1H3. The number of hydrogen-bond acceptors (Lipinski definition) is 2. The molecule has 2 rings (SSSR count). The summed E-state index contributed by atoms with van der Waals surface area (Å²) in [5.74, 6) is 0. The van der Waals surface area contributed by atoms with Crippen molar-refractivity contribution in [2.75, 3.05) is 11.4 Å². The predicted molar refractivity (Wildman–Crippen MR) is 54.3 cm³/mol. The molecule has 0 saturated heterocycles. The second kappa shape index (κ2) is 3.70. The molecule has 14 heavy (non-hydrogen) atoms. The van der Waals surface area contributed by atoms with Gasteiger partial charge in [0.25, 0.3) is 0 Å². The van der Waals surface area contributed by atoms with E-state index in [0.29, 0.717) is 6.61 Å². The summed E-state index contributed by atoms with van der Waals surface area (Å²) in [5.41, 5.74) is 2.08. The van der Waals surface area contributed by atoms with E-state index in [1.54, 1.807) is 4.90 Å². The highest BCUT2D eigenvalue weighted by molar-refractivity contribution is 5.90. The summed E-state index contributed by atoms with van der Waals surface area (Å²) < 4.78 is 5.06. The molecule has 1 heterocycles. The molecule has 74 valence electrons. The van der Waals surface area contributed by atoms with E-state index in [0.717, 1.165) is 24.2 Å². The molecule has 3 heteroatoms. The van der Waals surface area contributed by atoms with Gasteiger partial charge >= 0.3 is 6.09 Å². The first-order valence-corrected chi connectivity index (χ1v) is 4.85. The molecule has 0 bridgehead atoms. The Bertz CT molecular complexity index is 349. The summed E-state index contributed by atoms with van der Waals surface area (Å²) in [6.07, 6.45) is 0.703. The van der Waals surface area contributed by atoms with Crippen molar-refractivity contribution in [1.29, 1.82) is 0 Å². The number of carbonyl (C=O) groups excluding carboxylic acids is 1. The Morgan fingerprint density at radius 1 is 1.43 bits per heavy atom. The lowest BCUT2D eigenvalue weighted by Crippen LogP contribution is -2.36. The van der Waals surface area contributed by atoms with E-state index in [1.807, 2.05) is 31.2 Å². The first kappa shape index (κ1) is 9.06. The number of cyclic esters (lactones) is 1. The minimum Gasteiger partial charge on any atom is -0.444 e. The van der Waals surface area contributed by atoms with Gasteiger partial charge in [-0.1, -0.05) is 25.1 Å². The smallest absolute Gasteiger partial charge is 0.414 e. The zero-order chi connectivity index (χ0) is 9.97. The molecule has 0 atom stereocenters. The van der Waals surface area contributed by atoms with Gasteiger partial charge < -0.3 is 4.74 Å². The van der Waals surface area contributed by atoms with E-state index in [-0.39, 0.29) is 6.09 Å². The quantitative estimate of drug-likeness (QED) is 0.719. The summed E-state index contributed by atoms with van der Waals surface area (Å²) >= 11 is 0. The molecule has 0 fully saturated rings. The second-order valence-electron chi connectivity index (χ2n) is 3.33. The summed E-state index contributed by atoms with van der Waals surface area (Å²) in [7, 11) is 0. The van der Waals surface area contributed by atoms with Crippen LogP contribution in [-0.4, -0.2) is 12.6 Å². The summed E-state index contributed by atoms with van der Waals surface area (Å²) in [6.45, 7) is 3.16. The molecular weight excluding hydrogens is 178 g/mol. The number of fused-ring (bicyclic) bond motifs is 1. The van der Waals surface area contributed by atoms with Gasteiger partial charge in [0, 0.05) is 12.1 Å². The monoisotopic (exact) mass is 191 g/mol. The molecule has 0 saturated carbocycles. The number of anilines is 1. The number of para-hydroxylation sites is 1. The fraction of sp³-hybridized carbons (Fsp3) is 0.364. The minimum atomic E-state index is -0.231. The normalized spacial score (nSPS) is 14.9. The zero-order valence-electron chi connectivity index (χ0n) is 8.19. The van der Waals surface area contributed by atoms with Crippen LogP contribution in [0.15, 0.2) is 24.3 Å². The molecule has 0 unspecified atom stereocenters. The van der Waals surface area contributed by atoms with E-state index in [1.165, 1.54) is 0 Å². The number of rotatable bonds is 2. The average molecular weight is 191 g/mol. The number of carbonyl (C=O) groups is 1. The van der Waals surface area contributed by atoms with E-state index < -0.39 is 0 Å². The van der Waals surface area contributed by atoms with Crippen LogP contribution in [0.2, 0.25) is 0 Å². The van der Waals surface area contributed by atoms with Crippen LogP contribution in [0.3, 0.4) is 0 Å². The molecule has 0 aliphatic carbocycles. The Hall–Kier alpha value is -1.51. The van der Waals surface area contributed by atoms with Crippen molar-refractivity contribution in [1.82, 2.24) is 0 Å². The summed E-state index contributed by atoms with van der Waals surface area (Å²) in [6, 6.07) is 7.86. The number of nitrogens with zero attached hydrogens (tertiary/aromatic N) is 1. The first-order chi connectivity index (χ1) is 6.83. The Morgan fingerprint density at radius 3 is 3.00 bits per heavy atom. The van der Waals surface area contributed by atoms with Crippen LogP contribution < -0.4 is 4.90 Å². The maximum absolute atomic E-state index is 11.5. The Kier molecular flexibility index (Phi) is 2.39. The van der Waals surface area contributed by atoms with E-state index in [9.17, 15) is 4.79 Å². The molecule has 1 aliphatic rings. The fourth-order valence-corrected chi connectivity index (χ4v) is 1.65.